The van der Waals surface area contributed by atoms with Crippen molar-refractivity contribution >= 4 is 74.8 Å². The number of urea groups is 1. The number of ether oxygens (including phenoxy) is 3. The number of carbonyl (C=O) groups excluding carboxylic acids is 3. The zero-order chi connectivity index (χ0) is 25.4. The number of rotatable bonds is 5. The number of benzene rings is 3. The largest absolute Gasteiger partial charge is 0.487 e. The maximum absolute atomic E-state index is 13.1. The molecule has 1 saturated heterocycles. The molecule has 36 heavy (non-hydrogen) atoms. The lowest BCUT2D eigenvalue weighted by Gasteiger charge is -2.26. The van der Waals surface area contributed by atoms with Crippen LogP contribution in [-0.2, 0) is 16.2 Å². The Labute approximate surface area is 233 Å². The third-order valence-electron chi connectivity index (χ3n) is 5.55. The number of carbonyl (C=O) groups is 3. The summed E-state index contributed by atoms with van der Waals surface area (Å²) < 4.78 is 18.4. The summed E-state index contributed by atoms with van der Waals surface area (Å²) in [7, 11) is 0. The van der Waals surface area contributed by atoms with Gasteiger partial charge in [0.1, 0.15) is 17.9 Å². The molecule has 10 heteroatoms. The van der Waals surface area contributed by atoms with Gasteiger partial charge in [-0.25, -0.2) is 9.69 Å². The zero-order valence-electron chi connectivity index (χ0n) is 18.8. The van der Waals surface area contributed by atoms with E-state index in [1.54, 1.807) is 24.3 Å². The first kappa shape index (κ1) is 24.6. The third-order valence-corrected chi connectivity index (χ3v) is 7.15. The SMILES string of the molecule is Cc1ccc(N2C(=O)NC(=O)/C(=C\c3cc(I)c(OCc4ccc5c(c4)OCO5)c(I)c3)C2=O)cc1. The summed E-state index contributed by atoms with van der Waals surface area (Å²) in [4.78, 5) is 39.1. The molecule has 0 aliphatic carbocycles. The van der Waals surface area contributed by atoms with E-state index in [1.807, 2.05) is 37.3 Å². The summed E-state index contributed by atoms with van der Waals surface area (Å²) in [6.45, 7) is 2.45. The fourth-order valence-electron chi connectivity index (χ4n) is 3.74. The van der Waals surface area contributed by atoms with Crippen LogP contribution in [0.3, 0.4) is 0 Å². The Morgan fingerprint density at radius 3 is 2.39 bits per heavy atom. The van der Waals surface area contributed by atoms with Crippen molar-refractivity contribution in [1.29, 1.82) is 0 Å². The summed E-state index contributed by atoms with van der Waals surface area (Å²) in [5.41, 5.74) is 2.81. The van der Waals surface area contributed by atoms with Gasteiger partial charge in [0.2, 0.25) is 6.79 Å². The van der Waals surface area contributed by atoms with Gasteiger partial charge in [-0.2, -0.15) is 0 Å². The summed E-state index contributed by atoms with van der Waals surface area (Å²) >= 11 is 4.31. The van der Waals surface area contributed by atoms with Crippen LogP contribution < -0.4 is 24.4 Å². The second-order valence-electron chi connectivity index (χ2n) is 8.08. The van der Waals surface area contributed by atoms with Crippen LogP contribution in [0, 0.1) is 14.1 Å². The first-order chi connectivity index (χ1) is 17.3. The number of nitrogens with zero attached hydrogens (tertiary/aromatic N) is 1. The summed E-state index contributed by atoms with van der Waals surface area (Å²) in [6.07, 6.45) is 1.48. The van der Waals surface area contributed by atoms with Crippen molar-refractivity contribution in [2.75, 3.05) is 11.7 Å². The van der Waals surface area contributed by atoms with Gasteiger partial charge in [-0.05, 0) is 106 Å². The molecule has 1 N–H and O–H groups in total. The molecule has 0 unspecified atom stereocenters. The fourth-order valence-corrected chi connectivity index (χ4v) is 5.87. The number of nitrogens with one attached hydrogen (secondary N) is 1. The number of fused-ring (bicyclic) bond motifs is 1. The van der Waals surface area contributed by atoms with E-state index in [2.05, 4.69) is 50.5 Å². The standard InChI is InChI=1S/C26H18I2N2O6/c1-14-2-5-17(6-3-14)30-25(32)18(24(31)29-26(30)33)8-16-9-19(27)23(20(28)10-16)34-12-15-4-7-21-22(11-15)36-13-35-21/h2-11H,12-13H2,1H3,(H,29,31,33)/b18-8+. The number of hydrogen-bond donors (Lipinski definition) is 1. The first-order valence-corrected chi connectivity index (χ1v) is 12.9. The van der Waals surface area contributed by atoms with Gasteiger partial charge in [0.25, 0.3) is 11.8 Å². The van der Waals surface area contributed by atoms with Gasteiger partial charge in [0.15, 0.2) is 11.5 Å². The second-order valence-corrected chi connectivity index (χ2v) is 10.4. The predicted molar refractivity (Wildman–Crippen MR) is 149 cm³/mol. The van der Waals surface area contributed by atoms with Gasteiger partial charge in [-0.3, -0.25) is 14.9 Å². The summed E-state index contributed by atoms with van der Waals surface area (Å²) in [6, 6.07) is 15.4. The molecule has 2 heterocycles. The normalized spacial score (nSPS) is 15.9. The maximum atomic E-state index is 13.1. The van der Waals surface area contributed by atoms with Crippen molar-refractivity contribution in [2.24, 2.45) is 0 Å². The van der Waals surface area contributed by atoms with Gasteiger partial charge in [-0.1, -0.05) is 23.8 Å². The Morgan fingerprint density at radius 2 is 1.67 bits per heavy atom. The van der Waals surface area contributed by atoms with E-state index in [1.165, 1.54) is 6.08 Å². The van der Waals surface area contributed by atoms with Crippen molar-refractivity contribution in [3.05, 3.63) is 84.0 Å². The average Bonchev–Trinajstić information content (AvgIpc) is 3.30. The van der Waals surface area contributed by atoms with E-state index in [4.69, 9.17) is 14.2 Å². The lowest BCUT2D eigenvalue weighted by Crippen LogP contribution is -2.54. The number of aryl methyl sites for hydroxylation is 1. The number of halogens is 2. The van der Waals surface area contributed by atoms with Gasteiger partial charge in [0.05, 0.1) is 12.8 Å². The van der Waals surface area contributed by atoms with Crippen molar-refractivity contribution in [3.8, 4) is 17.2 Å². The number of imide groups is 2. The number of hydrogen-bond acceptors (Lipinski definition) is 6. The van der Waals surface area contributed by atoms with E-state index in [-0.39, 0.29) is 12.4 Å². The highest BCUT2D eigenvalue weighted by Crippen LogP contribution is 2.34. The van der Waals surface area contributed by atoms with Crippen molar-refractivity contribution in [3.63, 3.8) is 0 Å². The molecular formula is C26H18I2N2O6. The first-order valence-electron chi connectivity index (χ1n) is 10.8. The molecule has 182 valence electrons. The molecular weight excluding hydrogens is 690 g/mol. The van der Waals surface area contributed by atoms with Crippen molar-refractivity contribution in [2.45, 2.75) is 13.5 Å². The summed E-state index contributed by atoms with van der Waals surface area (Å²) in [5.74, 6) is 0.675. The van der Waals surface area contributed by atoms with Gasteiger partial charge < -0.3 is 14.2 Å². The second kappa shape index (κ2) is 10.1. The molecule has 0 atom stereocenters. The Morgan fingerprint density at radius 1 is 0.972 bits per heavy atom. The molecule has 3 aromatic rings. The molecule has 0 radical (unpaired) electrons. The van der Waals surface area contributed by atoms with Crippen LogP contribution in [-0.4, -0.2) is 24.6 Å². The van der Waals surface area contributed by atoms with Gasteiger partial charge >= 0.3 is 6.03 Å². The van der Waals surface area contributed by atoms with Crippen LogP contribution in [0.4, 0.5) is 10.5 Å². The lowest BCUT2D eigenvalue weighted by molar-refractivity contribution is -0.122. The lowest BCUT2D eigenvalue weighted by atomic mass is 10.1. The molecule has 8 nitrogen and oxygen atoms in total. The highest BCUT2D eigenvalue weighted by Gasteiger charge is 2.36. The van der Waals surface area contributed by atoms with E-state index < -0.39 is 17.8 Å². The van der Waals surface area contributed by atoms with Crippen LogP contribution in [0.15, 0.2) is 60.2 Å². The average molecular weight is 708 g/mol. The minimum Gasteiger partial charge on any atom is -0.487 e. The van der Waals surface area contributed by atoms with Crippen molar-refractivity contribution < 1.29 is 28.6 Å². The summed E-state index contributed by atoms with van der Waals surface area (Å²) in [5, 5.41) is 2.25. The van der Waals surface area contributed by atoms with Crippen LogP contribution in [0.25, 0.3) is 6.08 Å². The van der Waals surface area contributed by atoms with Crippen LogP contribution >= 0.6 is 45.2 Å². The van der Waals surface area contributed by atoms with E-state index in [0.717, 1.165) is 23.2 Å². The third kappa shape index (κ3) is 4.91. The molecule has 1 fully saturated rings. The molecule has 0 bridgehead atoms. The Bertz CT molecular complexity index is 1410. The topological polar surface area (TPSA) is 94.2 Å². The molecule has 0 spiro atoms. The number of amides is 4. The van der Waals surface area contributed by atoms with E-state index in [0.29, 0.717) is 35.1 Å². The molecule has 3 aromatic carbocycles. The quantitative estimate of drug-likeness (QED) is 0.223. The molecule has 0 saturated carbocycles. The molecule has 4 amide bonds. The zero-order valence-corrected chi connectivity index (χ0v) is 23.2. The van der Waals surface area contributed by atoms with Crippen LogP contribution in [0.2, 0.25) is 0 Å². The highest BCUT2D eigenvalue weighted by molar-refractivity contribution is 14.1. The van der Waals surface area contributed by atoms with Crippen LogP contribution in [0.5, 0.6) is 17.2 Å². The van der Waals surface area contributed by atoms with E-state index >= 15 is 0 Å². The van der Waals surface area contributed by atoms with Crippen molar-refractivity contribution in [1.82, 2.24) is 5.32 Å². The fraction of sp³-hybridized carbons (Fsp3) is 0.115. The van der Waals surface area contributed by atoms with Gasteiger partial charge in [0, 0.05) is 0 Å². The smallest absolute Gasteiger partial charge is 0.335 e. The molecule has 0 aromatic heterocycles. The molecule has 2 aliphatic rings. The minimum absolute atomic E-state index is 0.129. The maximum Gasteiger partial charge on any atom is 0.335 e. The minimum atomic E-state index is -0.776. The number of barbiturate groups is 1. The molecule has 5 rings (SSSR count). The predicted octanol–water partition coefficient (Wildman–Crippen LogP) is 5.18. The molecule has 2 aliphatic heterocycles. The Balaban J connectivity index is 1.38. The van der Waals surface area contributed by atoms with E-state index in [9.17, 15) is 14.4 Å². The Hall–Kier alpha value is -3.13. The number of anilines is 1. The van der Waals surface area contributed by atoms with Crippen LogP contribution in [0.1, 0.15) is 16.7 Å². The highest BCUT2D eigenvalue weighted by atomic mass is 127. The Kier molecular flexibility index (Phi) is 6.88. The monoisotopic (exact) mass is 708 g/mol. The van der Waals surface area contributed by atoms with Gasteiger partial charge in [-0.15, -0.1) is 0 Å².